The fourth-order valence-corrected chi connectivity index (χ4v) is 3.66. The fourth-order valence-electron chi connectivity index (χ4n) is 3.66. The van der Waals surface area contributed by atoms with Crippen LogP contribution in [-0.2, 0) is 17.8 Å². The summed E-state index contributed by atoms with van der Waals surface area (Å²) in [6.07, 6.45) is 7.68. The number of hydrogen-bond acceptors (Lipinski definition) is 2. The first-order valence-corrected chi connectivity index (χ1v) is 9.11. The average molecular weight is 329 g/mol. The fraction of sp³-hybridized carbons (Fsp3) is 0.579. The second kappa shape index (κ2) is 8.18. The Labute approximate surface area is 143 Å². The molecule has 1 fully saturated rings. The van der Waals surface area contributed by atoms with Crippen molar-refractivity contribution in [3.05, 3.63) is 35.4 Å². The van der Waals surface area contributed by atoms with Crippen LogP contribution in [0.1, 0.15) is 49.7 Å². The summed E-state index contributed by atoms with van der Waals surface area (Å²) < 4.78 is 0. The Morgan fingerprint density at radius 2 is 1.79 bits per heavy atom. The van der Waals surface area contributed by atoms with Crippen LogP contribution in [0.2, 0.25) is 0 Å². The van der Waals surface area contributed by atoms with Crippen LogP contribution in [0.15, 0.2) is 24.3 Å². The summed E-state index contributed by atoms with van der Waals surface area (Å²) in [7, 11) is 0. The van der Waals surface area contributed by atoms with E-state index in [1.165, 1.54) is 30.4 Å². The average Bonchev–Trinajstić information content (AvgIpc) is 2.83. The van der Waals surface area contributed by atoms with E-state index >= 15 is 0 Å². The first-order chi connectivity index (χ1) is 11.7. The first-order valence-electron chi connectivity index (χ1n) is 9.11. The second-order valence-corrected chi connectivity index (χ2v) is 6.85. The molecule has 3 amide bonds. The third kappa shape index (κ3) is 4.49. The van der Waals surface area contributed by atoms with Crippen LogP contribution in [0, 0.1) is 0 Å². The van der Waals surface area contributed by atoms with Crippen molar-refractivity contribution in [3.8, 4) is 0 Å². The number of aryl methyl sites for hydroxylation is 1. The quantitative estimate of drug-likeness (QED) is 0.895. The Balaban J connectivity index is 1.47. The number of carbonyl (C=O) groups is 2. The van der Waals surface area contributed by atoms with E-state index in [1.807, 2.05) is 17.0 Å². The topological polar surface area (TPSA) is 61.4 Å². The maximum Gasteiger partial charge on any atom is 0.315 e. The molecular formula is C19H27N3O2. The molecule has 0 spiro atoms. The molecule has 2 N–H and O–H groups in total. The van der Waals surface area contributed by atoms with Crippen LogP contribution >= 0.6 is 0 Å². The highest BCUT2D eigenvalue weighted by atomic mass is 16.2. The van der Waals surface area contributed by atoms with E-state index < -0.39 is 0 Å². The van der Waals surface area contributed by atoms with E-state index in [-0.39, 0.29) is 24.5 Å². The molecule has 1 aromatic carbocycles. The van der Waals surface area contributed by atoms with Gasteiger partial charge in [-0.15, -0.1) is 0 Å². The number of nitrogens with one attached hydrogen (secondary N) is 2. The minimum absolute atomic E-state index is 0.00880. The highest BCUT2D eigenvalue weighted by molar-refractivity contribution is 5.84. The van der Waals surface area contributed by atoms with E-state index in [9.17, 15) is 9.59 Å². The minimum atomic E-state index is -0.217. The van der Waals surface area contributed by atoms with E-state index in [0.717, 1.165) is 32.2 Å². The maximum atomic E-state index is 12.4. The van der Waals surface area contributed by atoms with Crippen molar-refractivity contribution in [2.45, 2.75) is 57.5 Å². The number of amides is 3. The Bertz CT molecular complexity index is 582. The Morgan fingerprint density at radius 1 is 1.04 bits per heavy atom. The van der Waals surface area contributed by atoms with Gasteiger partial charge in [-0.25, -0.2) is 4.79 Å². The van der Waals surface area contributed by atoms with Crippen molar-refractivity contribution in [1.82, 2.24) is 15.5 Å². The Morgan fingerprint density at radius 3 is 2.58 bits per heavy atom. The molecule has 0 bridgehead atoms. The van der Waals surface area contributed by atoms with Gasteiger partial charge in [0.1, 0.15) is 0 Å². The number of carbonyl (C=O) groups excluding carboxylic acids is 2. The molecule has 5 nitrogen and oxygen atoms in total. The minimum Gasteiger partial charge on any atom is -0.337 e. The lowest BCUT2D eigenvalue weighted by atomic mass is 9.96. The molecule has 0 unspecified atom stereocenters. The standard InChI is InChI=1S/C19H27N3O2/c23-18(13-20-19(24)21-17-10-2-1-3-11-17)22-12-6-9-15-7-4-5-8-16(15)14-22/h4-5,7-8,17H,1-3,6,9-14H2,(H2,20,21,24). The van der Waals surface area contributed by atoms with E-state index in [2.05, 4.69) is 22.8 Å². The van der Waals surface area contributed by atoms with Gasteiger partial charge in [0, 0.05) is 19.1 Å². The number of urea groups is 1. The van der Waals surface area contributed by atoms with Crippen molar-refractivity contribution in [2.24, 2.45) is 0 Å². The summed E-state index contributed by atoms with van der Waals surface area (Å²) in [5.74, 6) is -0.00880. The summed E-state index contributed by atoms with van der Waals surface area (Å²) in [6.45, 7) is 1.46. The smallest absolute Gasteiger partial charge is 0.315 e. The zero-order chi connectivity index (χ0) is 16.8. The van der Waals surface area contributed by atoms with Gasteiger partial charge in [-0.2, -0.15) is 0 Å². The Kier molecular flexibility index (Phi) is 5.72. The van der Waals surface area contributed by atoms with Crippen LogP contribution in [0.3, 0.4) is 0 Å². The van der Waals surface area contributed by atoms with Crippen molar-refractivity contribution in [1.29, 1.82) is 0 Å². The van der Waals surface area contributed by atoms with Crippen molar-refractivity contribution in [3.63, 3.8) is 0 Å². The highest BCUT2D eigenvalue weighted by Crippen LogP contribution is 2.18. The van der Waals surface area contributed by atoms with Gasteiger partial charge in [0.2, 0.25) is 5.91 Å². The lowest BCUT2D eigenvalue weighted by molar-refractivity contribution is -0.130. The van der Waals surface area contributed by atoms with E-state index in [4.69, 9.17) is 0 Å². The molecule has 1 saturated carbocycles. The molecule has 0 radical (unpaired) electrons. The van der Waals surface area contributed by atoms with Crippen LogP contribution in [0.4, 0.5) is 4.79 Å². The van der Waals surface area contributed by atoms with Gasteiger partial charge in [0.05, 0.1) is 6.54 Å². The second-order valence-electron chi connectivity index (χ2n) is 6.85. The van der Waals surface area contributed by atoms with Crippen molar-refractivity contribution < 1.29 is 9.59 Å². The van der Waals surface area contributed by atoms with Crippen LogP contribution in [-0.4, -0.2) is 36.0 Å². The first kappa shape index (κ1) is 16.8. The van der Waals surface area contributed by atoms with Gasteiger partial charge < -0.3 is 15.5 Å². The maximum absolute atomic E-state index is 12.4. The molecule has 3 rings (SSSR count). The molecule has 5 heteroatoms. The number of rotatable bonds is 3. The van der Waals surface area contributed by atoms with E-state index in [0.29, 0.717) is 6.54 Å². The summed E-state index contributed by atoms with van der Waals surface area (Å²) in [5.41, 5.74) is 2.55. The summed E-state index contributed by atoms with van der Waals surface area (Å²) in [5, 5.41) is 5.71. The third-order valence-electron chi connectivity index (χ3n) is 5.05. The predicted octanol–water partition coefficient (Wildman–Crippen LogP) is 2.59. The van der Waals surface area contributed by atoms with Gasteiger partial charge in [-0.3, -0.25) is 4.79 Å². The van der Waals surface area contributed by atoms with E-state index in [1.54, 1.807) is 0 Å². The van der Waals surface area contributed by atoms with Gasteiger partial charge in [-0.05, 0) is 36.8 Å². The molecule has 24 heavy (non-hydrogen) atoms. The normalized spacial score (nSPS) is 18.4. The van der Waals surface area contributed by atoms with Gasteiger partial charge in [-0.1, -0.05) is 43.5 Å². The van der Waals surface area contributed by atoms with Gasteiger partial charge >= 0.3 is 6.03 Å². The van der Waals surface area contributed by atoms with Crippen LogP contribution in [0.5, 0.6) is 0 Å². The van der Waals surface area contributed by atoms with Gasteiger partial charge in [0.25, 0.3) is 0 Å². The monoisotopic (exact) mass is 329 g/mol. The predicted molar refractivity (Wildman–Crippen MR) is 93.6 cm³/mol. The Hall–Kier alpha value is -2.04. The largest absolute Gasteiger partial charge is 0.337 e. The summed E-state index contributed by atoms with van der Waals surface area (Å²) in [4.78, 5) is 26.3. The van der Waals surface area contributed by atoms with Gasteiger partial charge in [0.15, 0.2) is 0 Å². The molecule has 1 aromatic rings. The zero-order valence-electron chi connectivity index (χ0n) is 14.2. The zero-order valence-corrected chi connectivity index (χ0v) is 14.2. The lowest BCUT2D eigenvalue weighted by Gasteiger charge is -2.24. The number of fused-ring (bicyclic) bond motifs is 1. The number of nitrogens with zero attached hydrogens (tertiary/aromatic N) is 1. The highest BCUT2D eigenvalue weighted by Gasteiger charge is 2.20. The third-order valence-corrected chi connectivity index (χ3v) is 5.05. The SMILES string of the molecule is O=C(NCC(=O)N1CCCc2ccccc2C1)NC1CCCCC1. The lowest BCUT2D eigenvalue weighted by Crippen LogP contribution is -2.47. The van der Waals surface area contributed by atoms with Crippen molar-refractivity contribution >= 4 is 11.9 Å². The molecule has 2 aliphatic rings. The molecule has 0 saturated heterocycles. The molecule has 1 aliphatic carbocycles. The van der Waals surface area contributed by atoms with Crippen molar-refractivity contribution in [2.75, 3.05) is 13.1 Å². The molecule has 0 aromatic heterocycles. The molecular weight excluding hydrogens is 302 g/mol. The summed E-state index contributed by atoms with van der Waals surface area (Å²) >= 11 is 0. The summed E-state index contributed by atoms with van der Waals surface area (Å²) in [6, 6.07) is 8.34. The number of hydrogen-bond donors (Lipinski definition) is 2. The number of benzene rings is 1. The molecule has 0 atom stereocenters. The molecule has 1 heterocycles. The molecule has 1 aliphatic heterocycles. The van der Waals surface area contributed by atoms with Crippen LogP contribution in [0.25, 0.3) is 0 Å². The molecule has 130 valence electrons. The van der Waals surface area contributed by atoms with Crippen LogP contribution < -0.4 is 10.6 Å².